The van der Waals surface area contributed by atoms with Gasteiger partial charge in [0.2, 0.25) is 0 Å². The summed E-state index contributed by atoms with van der Waals surface area (Å²) in [4.78, 5) is 26.6. The van der Waals surface area contributed by atoms with Crippen molar-refractivity contribution in [2.45, 2.75) is 19.1 Å². The van der Waals surface area contributed by atoms with E-state index in [4.69, 9.17) is 5.41 Å². The van der Waals surface area contributed by atoms with Crippen LogP contribution in [0.1, 0.15) is 33.2 Å². The molecule has 0 fully saturated rings. The number of anilines is 1. The largest absolute Gasteiger partial charge is 0.406 e. The van der Waals surface area contributed by atoms with Crippen molar-refractivity contribution in [3.63, 3.8) is 0 Å². The van der Waals surface area contributed by atoms with Gasteiger partial charge in [0.25, 0.3) is 5.91 Å². The SMILES string of the molecule is CN/C=C(\C=N)c1nn(-c2ccccc2)c(NC(=O)NC2CN(CC(F)(F)F)C(=O)c3ccccc32)c1C. The first-order valence-electron chi connectivity index (χ1n) is 11.7. The van der Waals surface area contributed by atoms with Crippen LogP contribution in [0.4, 0.5) is 23.8 Å². The van der Waals surface area contributed by atoms with Crippen LogP contribution in [-0.4, -0.2) is 59.1 Å². The van der Waals surface area contributed by atoms with Crippen LogP contribution < -0.4 is 16.0 Å². The van der Waals surface area contributed by atoms with Crippen LogP contribution >= 0.6 is 0 Å². The molecule has 1 unspecified atom stereocenters. The number of amides is 3. The van der Waals surface area contributed by atoms with Crippen LogP contribution in [0.15, 0.2) is 60.8 Å². The molecule has 0 aliphatic carbocycles. The molecule has 0 saturated carbocycles. The fraction of sp³-hybridized carbons (Fsp3) is 0.231. The third-order valence-electron chi connectivity index (χ3n) is 6.02. The number of alkyl halides is 3. The lowest BCUT2D eigenvalue weighted by atomic mass is 9.94. The zero-order valence-corrected chi connectivity index (χ0v) is 20.6. The molecule has 1 aliphatic heterocycles. The molecule has 3 amide bonds. The number of halogens is 3. The number of benzene rings is 2. The highest BCUT2D eigenvalue weighted by Crippen LogP contribution is 2.30. The van der Waals surface area contributed by atoms with Gasteiger partial charge in [-0.2, -0.15) is 18.3 Å². The summed E-state index contributed by atoms with van der Waals surface area (Å²) in [7, 11) is 1.69. The average Bonchev–Trinajstić information content (AvgIpc) is 3.20. The standard InChI is InChI=1S/C26H26F3N7O2/c1-16-22(17(12-30)13-31-2)34-36(18-8-4-3-5-9-18)23(16)33-25(38)32-21-14-35(15-26(27,28)29)24(37)20-11-7-6-10-19(20)21/h3-13,21,30-31H,14-15H2,1-2H3,(H2,32,33,38)/b17-13+,30-12?. The molecular weight excluding hydrogens is 499 g/mol. The number of carbonyl (C=O) groups is 2. The minimum atomic E-state index is -4.59. The molecule has 38 heavy (non-hydrogen) atoms. The number of hydrogen-bond acceptors (Lipinski definition) is 5. The molecule has 12 heteroatoms. The Kier molecular flexibility index (Phi) is 7.51. The lowest BCUT2D eigenvalue weighted by Crippen LogP contribution is -2.49. The summed E-state index contributed by atoms with van der Waals surface area (Å²) in [6, 6.07) is 13.8. The number of rotatable bonds is 7. The van der Waals surface area contributed by atoms with Gasteiger partial charge in [-0.05, 0) is 30.7 Å². The number of urea groups is 1. The fourth-order valence-corrected chi connectivity index (χ4v) is 4.35. The molecule has 4 N–H and O–H groups in total. The Labute approximate surface area is 216 Å². The van der Waals surface area contributed by atoms with Crippen LogP contribution in [0.25, 0.3) is 11.3 Å². The fourth-order valence-electron chi connectivity index (χ4n) is 4.35. The molecule has 0 saturated heterocycles. The van der Waals surface area contributed by atoms with Gasteiger partial charge < -0.3 is 20.9 Å². The zero-order valence-electron chi connectivity index (χ0n) is 20.6. The maximum Gasteiger partial charge on any atom is 0.406 e. The highest BCUT2D eigenvalue weighted by atomic mass is 19.4. The minimum Gasteiger partial charge on any atom is -0.393 e. The molecule has 2 aromatic carbocycles. The highest BCUT2D eigenvalue weighted by molar-refractivity contribution is 6.08. The lowest BCUT2D eigenvalue weighted by molar-refractivity contribution is -0.141. The minimum absolute atomic E-state index is 0.105. The zero-order chi connectivity index (χ0) is 27.4. The van der Waals surface area contributed by atoms with Crippen LogP contribution in [0.3, 0.4) is 0 Å². The number of allylic oxidation sites excluding steroid dienone is 1. The summed E-state index contributed by atoms with van der Waals surface area (Å²) in [6.07, 6.45) is -1.85. The van der Waals surface area contributed by atoms with Crippen molar-refractivity contribution in [3.05, 3.63) is 83.2 Å². The van der Waals surface area contributed by atoms with Crippen LogP contribution in [0, 0.1) is 12.3 Å². The molecule has 0 spiro atoms. The summed E-state index contributed by atoms with van der Waals surface area (Å²) >= 11 is 0. The summed E-state index contributed by atoms with van der Waals surface area (Å²) in [5, 5.41) is 20.7. The van der Waals surface area contributed by atoms with Gasteiger partial charge in [0.15, 0.2) is 0 Å². The summed E-state index contributed by atoms with van der Waals surface area (Å²) in [5.41, 5.74) is 2.70. The van der Waals surface area contributed by atoms with Crippen molar-refractivity contribution in [2.75, 3.05) is 25.5 Å². The number of nitrogens with zero attached hydrogens (tertiary/aromatic N) is 3. The van der Waals surface area contributed by atoms with Crippen LogP contribution in [0.2, 0.25) is 0 Å². The Morgan fingerprint density at radius 3 is 2.50 bits per heavy atom. The number of aromatic nitrogens is 2. The Balaban J connectivity index is 1.66. The van der Waals surface area contributed by atoms with Gasteiger partial charge in [-0.3, -0.25) is 10.1 Å². The lowest BCUT2D eigenvalue weighted by Gasteiger charge is -2.35. The molecule has 9 nitrogen and oxygen atoms in total. The third-order valence-corrected chi connectivity index (χ3v) is 6.02. The second kappa shape index (κ2) is 10.8. The molecular formula is C26H26F3N7O2. The van der Waals surface area contributed by atoms with Crippen LogP contribution in [-0.2, 0) is 0 Å². The molecule has 3 aromatic rings. The number of fused-ring (bicyclic) bond motifs is 1. The van der Waals surface area contributed by atoms with Crippen molar-refractivity contribution < 1.29 is 22.8 Å². The first-order valence-corrected chi connectivity index (χ1v) is 11.7. The monoisotopic (exact) mass is 525 g/mol. The molecule has 1 aliphatic rings. The Bertz CT molecular complexity index is 1380. The van der Waals surface area contributed by atoms with Crippen molar-refractivity contribution in [3.8, 4) is 5.69 Å². The Morgan fingerprint density at radius 2 is 1.84 bits per heavy atom. The van der Waals surface area contributed by atoms with E-state index in [0.29, 0.717) is 38.8 Å². The van der Waals surface area contributed by atoms with Crippen LogP contribution in [0.5, 0.6) is 0 Å². The van der Waals surface area contributed by atoms with Crippen molar-refractivity contribution in [1.82, 2.24) is 25.3 Å². The second-order valence-electron chi connectivity index (χ2n) is 8.64. The van der Waals surface area contributed by atoms with E-state index < -0.39 is 30.7 Å². The third kappa shape index (κ3) is 5.53. The van der Waals surface area contributed by atoms with E-state index in [9.17, 15) is 22.8 Å². The smallest absolute Gasteiger partial charge is 0.393 e. The van der Waals surface area contributed by atoms with Gasteiger partial charge in [0.1, 0.15) is 18.1 Å². The van der Waals surface area contributed by atoms with E-state index in [1.54, 1.807) is 50.5 Å². The number of carbonyl (C=O) groups excluding carboxylic acids is 2. The van der Waals surface area contributed by atoms with Crippen molar-refractivity contribution >= 4 is 29.5 Å². The predicted molar refractivity (Wildman–Crippen MR) is 137 cm³/mol. The van der Waals surface area contributed by atoms with E-state index in [0.717, 1.165) is 6.21 Å². The predicted octanol–water partition coefficient (Wildman–Crippen LogP) is 4.27. The molecule has 0 radical (unpaired) electrons. The highest BCUT2D eigenvalue weighted by Gasteiger charge is 2.39. The van der Waals surface area contributed by atoms with E-state index >= 15 is 0 Å². The number of nitrogens with one attached hydrogen (secondary N) is 4. The quantitative estimate of drug-likeness (QED) is 0.345. The molecule has 1 atom stereocenters. The first kappa shape index (κ1) is 26.5. The Morgan fingerprint density at radius 1 is 1.16 bits per heavy atom. The van der Waals surface area contributed by atoms with Gasteiger partial charge >= 0.3 is 12.2 Å². The Hall–Kier alpha value is -4.61. The maximum atomic E-state index is 13.2. The number of para-hydroxylation sites is 1. The number of hydrogen-bond donors (Lipinski definition) is 4. The van der Waals surface area contributed by atoms with Gasteiger partial charge in [-0.25, -0.2) is 9.48 Å². The second-order valence-corrected chi connectivity index (χ2v) is 8.64. The van der Waals surface area contributed by atoms with E-state index in [2.05, 4.69) is 21.0 Å². The average molecular weight is 526 g/mol. The molecule has 1 aromatic heterocycles. The van der Waals surface area contributed by atoms with Gasteiger partial charge in [-0.1, -0.05) is 36.4 Å². The van der Waals surface area contributed by atoms with E-state index in [-0.39, 0.29) is 12.1 Å². The molecule has 198 valence electrons. The molecule has 2 heterocycles. The molecule has 4 rings (SSSR count). The topological polar surface area (TPSA) is 115 Å². The van der Waals surface area contributed by atoms with E-state index in [1.165, 1.54) is 10.7 Å². The van der Waals surface area contributed by atoms with Crippen molar-refractivity contribution in [2.24, 2.45) is 0 Å². The van der Waals surface area contributed by atoms with Gasteiger partial charge in [-0.15, -0.1) is 0 Å². The van der Waals surface area contributed by atoms with Gasteiger partial charge in [0, 0.05) is 42.7 Å². The molecule has 0 bridgehead atoms. The van der Waals surface area contributed by atoms with Crippen molar-refractivity contribution in [1.29, 1.82) is 5.41 Å². The first-order chi connectivity index (χ1) is 18.1. The summed E-state index contributed by atoms with van der Waals surface area (Å²) < 4.78 is 40.9. The maximum absolute atomic E-state index is 13.2. The van der Waals surface area contributed by atoms with Gasteiger partial charge in [0.05, 0.1) is 11.7 Å². The summed E-state index contributed by atoms with van der Waals surface area (Å²) in [6.45, 7) is -0.0226. The normalized spacial score (nSPS) is 15.6. The van der Waals surface area contributed by atoms with E-state index in [1.807, 2.05) is 18.2 Å². The summed E-state index contributed by atoms with van der Waals surface area (Å²) in [5.74, 6) is -0.422.